The number of nitrogens with zero attached hydrogens (tertiary/aromatic N) is 3. The Morgan fingerprint density at radius 1 is 1.17 bits per heavy atom. The maximum absolute atomic E-state index is 13.5. The lowest BCUT2D eigenvalue weighted by atomic mass is 9.91. The fraction of sp³-hybridized carbons (Fsp3) is 0.462. The number of oxazole rings is 1. The molecule has 1 aliphatic heterocycles. The molecule has 9 heteroatoms. The van der Waals surface area contributed by atoms with Crippen LogP contribution in [-0.2, 0) is 9.59 Å². The molecule has 0 aliphatic carbocycles. The molecule has 186 valence electrons. The molecule has 9 nitrogen and oxygen atoms in total. The van der Waals surface area contributed by atoms with Crippen LogP contribution in [-0.4, -0.2) is 50.7 Å². The summed E-state index contributed by atoms with van der Waals surface area (Å²) in [4.78, 5) is 32.4. The van der Waals surface area contributed by atoms with Crippen molar-refractivity contribution in [2.24, 2.45) is 5.92 Å². The van der Waals surface area contributed by atoms with Crippen molar-refractivity contribution in [1.82, 2.24) is 20.4 Å². The molecule has 2 aromatic heterocycles. The van der Waals surface area contributed by atoms with Gasteiger partial charge in [-0.1, -0.05) is 43.3 Å². The van der Waals surface area contributed by atoms with Crippen LogP contribution in [0.15, 0.2) is 45.7 Å². The van der Waals surface area contributed by atoms with Gasteiger partial charge in [0, 0.05) is 24.6 Å². The number of amides is 2. The van der Waals surface area contributed by atoms with Gasteiger partial charge in [-0.2, -0.15) is 0 Å². The Labute approximate surface area is 204 Å². The van der Waals surface area contributed by atoms with Gasteiger partial charge in [-0.15, -0.1) is 0 Å². The van der Waals surface area contributed by atoms with E-state index in [0.29, 0.717) is 17.2 Å². The van der Waals surface area contributed by atoms with Gasteiger partial charge in [-0.05, 0) is 32.3 Å². The number of hydrogen-bond donors (Lipinski definition) is 2. The fourth-order valence-corrected chi connectivity index (χ4v) is 4.64. The third-order valence-corrected chi connectivity index (χ3v) is 6.53. The molecule has 1 aliphatic rings. The first-order chi connectivity index (χ1) is 16.7. The standard InChI is InChI=1S/C26H32N4O5/c1-14(2)23(22-10-15(3)29-35-22)26(33)30-12-20(31)11-21(30)25(32)28-16(4)18-6-8-19(9-7-18)24-17(5)27-13-34-24/h6-10,13-14,16,20-21,23,31H,11-12H2,1-5H3,(H,28,32)/t16-,20+,21-,23?/m0/s1. The molecular formula is C26H32N4O5. The largest absolute Gasteiger partial charge is 0.443 e. The number of aryl methyl sites for hydroxylation is 2. The number of benzene rings is 1. The highest BCUT2D eigenvalue weighted by Gasteiger charge is 2.43. The third kappa shape index (κ3) is 5.14. The first-order valence-electron chi connectivity index (χ1n) is 11.9. The zero-order valence-electron chi connectivity index (χ0n) is 20.7. The highest BCUT2D eigenvalue weighted by Crippen LogP contribution is 2.31. The van der Waals surface area contributed by atoms with E-state index in [1.165, 1.54) is 11.3 Å². The summed E-state index contributed by atoms with van der Waals surface area (Å²) in [6.07, 6.45) is 0.838. The maximum Gasteiger partial charge on any atom is 0.243 e. The molecule has 4 atom stereocenters. The van der Waals surface area contributed by atoms with Crippen LogP contribution in [0.4, 0.5) is 0 Å². The molecule has 2 N–H and O–H groups in total. The Morgan fingerprint density at radius 3 is 2.46 bits per heavy atom. The molecule has 35 heavy (non-hydrogen) atoms. The predicted molar refractivity (Wildman–Crippen MR) is 128 cm³/mol. The number of rotatable bonds is 7. The van der Waals surface area contributed by atoms with E-state index in [-0.39, 0.29) is 36.7 Å². The second kappa shape index (κ2) is 10.0. The molecule has 1 unspecified atom stereocenters. The van der Waals surface area contributed by atoms with E-state index in [1.54, 1.807) is 13.0 Å². The van der Waals surface area contributed by atoms with Crippen LogP contribution >= 0.6 is 0 Å². The molecule has 0 spiro atoms. The average molecular weight is 481 g/mol. The summed E-state index contributed by atoms with van der Waals surface area (Å²) in [7, 11) is 0. The Hall–Kier alpha value is -3.46. The van der Waals surface area contributed by atoms with Gasteiger partial charge in [0.05, 0.1) is 23.5 Å². The monoisotopic (exact) mass is 480 g/mol. The van der Waals surface area contributed by atoms with E-state index in [2.05, 4.69) is 15.5 Å². The predicted octanol–water partition coefficient (Wildman–Crippen LogP) is 3.53. The number of aliphatic hydroxyl groups is 1. The van der Waals surface area contributed by atoms with Crippen LogP contribution in [0.1, 0.15) is 61.9 Å². The van der Waals surface area contributed by atoms with Crippen LogP contribution in [0.2, 0.25) is 0 Å². The first-order valence-corrected chi connectivity index (χ1v) is 11.9. The molecule has 1 fully saturated rings. The van der Waals surface area contributed by atoms with Crippen molar-refractivity contribution >= 4 is 11.8 Å². The van der Waals surface area contributed by atoms with Crippen molar-refractivity contribution in [2.45, 2.75) is 65.1 Å². The lowest BCUT2D eigenvalue weighted by molar-refractivity contribution is -0.141. The summed E-state index contributed by atoms with van der Waals surface area (Å²) in [5.41, 5.74) is 3.31. The van der Waals surface area contributed by atoms with E-state index in [4.69, 9.17) is 8.94 Å². The van der Waals surface area contributed by atoms with Gasteiger partial charge in [0.15, 0.2) is 12.2 Å². The molecule has 2 amide bonds. The number of hydrogen-bond acceptors (Lipinski definition) is 7. The molecule has 0 saturated carbocycles. The van der Waals surface area contributed by atoms with Gasteiger partial charge in [-0.3, -0.25) is 9.59 Å². The summed E-state index contributed by atoms with van der Waals surface area (Å²) in [5, 5.41) is 17.3. The van der Waals surface area contributed by atoms with Crippen LogP contribution in [0.25, 0.3) is 11.3 Å². The number of β-amino-alcohol motifs (C(OH)–C–C–N with tert-alkyl or cyclic N) is 1. The van der Waals surface area contributed by atoms with Gasteiger partial charge in [0.1, 0.15) is 17.7 Å². The Kier molecular flexibility index (Phi) is 7.07. The minimum Gasteiger partial charge on any atom is -0.443 e. The summed E-state index contributed by atoms with van der Waals surface area (Å²) >= 11 is 0. The van der Waals surface area contributed by atoms with Crippen LogP contribution in [0.3, 0.4) is 0 Å². The summed E-state index contributed by atoms with van der Waals surface area (Å²) in [6.45, 7) is 9.52. The quantitative estimate of drug-likeness (QED) is 0.530. The van der Waals surface area contributed by atoms with Crippen LogP contribution in [0.5, 0.6) is 0 Å². The van der Waals surface area contributed by atoms with Gasteiger partial charge < -0.3 is 24.3 Å². The van der Waals surface area contributed by atoms with Crippen molar-refractivity contribution in [3.63, 3.8) is 0 Å². The molecule has 1 aromatic carbocycles. The Bertz CT molecular complexity index is 1180. The minimum absolute atomic E-state index is 0.0678. The zero-order chi connectivity index (χ0) is 25.3. The maximum atomic E-state index is 13.5. The summed E-state index contributed by atoms with van der Waals surface area (Å²) < 4.78 is 10.8. The van der Waals surface area contributed by atoms with Gasteiger partial charge in [-0.25, -0.2) is 4.98 Å². The molecule has 3 aromatic rings. The molecular weight excluding hydrogens is 448 g/mol. The number of aromatic nitrogens is 2. The van der Waals surface area contributed by atoms with E-state index in [1.807, 2.05) is 52.0 Å². The highest BCUT2D eigenvalue weighted by atomic mass is 16.5. The summed E-state index contributed by atoms with van der Waals surface area (Å²) in [5.74, 6) is -0.00774. The van der Waals surface area contributed by atoms with Crippen molar-refractivity contribution in [3.8, 4) is 11.3 Å². The van der Waals surface area contributed by atoms with Crippen molar-refractivity contribution in [3.05, 3.63) is 59.4 Å². The lowest BCUT2D eigenvalue weighted by Gasteiger charge is -2.29. The van der Waals surface area contributed by atoms with Gasteiger partial charge >= 0.3 is 0 Å². The van der Waals surface area contributed by atoms with Crippen molar-refractivity contribution in [1.29, 1.82) is 0 Å². The van der Waals surface area contributed by atoms with Gasteiger partial charge in [0.25, 0.3) is 0 Å². The first kappa shape index (κ1) is 24.7. The summed E-state index contributed by atoms with van der Waals surface area (Å²) in [6, 6.07) is 8.39. The van der Waals surface area contributed by atoms with Crippen molar-refractivity contribution < 1.29 is 23.6 Å². The van der Waals surface area contributed by atoms with Crippen LogP contribution < -0.4 is 5.32 Å². The third-order valence-electron chi connectivity index (χ3n) is 6.53. The number of aliphatic hydroxyl groups excluding tert-OH is 1. The molecule has 0 radical (unpaired) electrons. The Balaban J connectivity index is 1.47. The minimum atomic E-state index is -0.765. The molecule has 1 saturated heterocycles. The fourth-order valence-electron chi connectivity index (χ4n) is 4.64. The van der Waals surface area contributed by atoms with Gasteiger partial charge in [0.2, 0.25) is 11.8 Å². The number of nitrogens with one attached hydrogen (secondary N) is 1. The zero-order valence-corrected chi connectivity index (χ0v) is 20.7. The molecule has 4 rings (SSSR count). The number of carbonyl (C=O) groups excluding carboxylic acids is 2. The normalized spacial score (nSPS) is 19.7. The average Bonchev–Trinajstić information content (AvgIpc) is 3.53. The van der Waals surface area contributed by atoms with E-state index in [9.17, 15) is 14.7 Å². The number of likely N-dealkylation sites (tertiary alicyclic amines) is 1. The SMILES string of the molecule is Cc1cc(C(C(=O)N2C[C@H](O)C[C@H]2C(=O)N[C@@H](C)c2ccc(-c3ocnc3C)cc2)C(C)C)on1. The van der Waals surface area contributed by atoms with E-state index < -0.39 is 18.1 Å². The number of carbonyl (C=O) groups is 2. The molecule has 0 bridgehead atoms. The van der Waals surface area contributed by atoms with E-state index >= 15 is 0 Å². The van der Waals surface area contributed by atoms with Crippen LogP contribution in [0, 0.1) is 19.8 Å². The second-order valence-electron chi connectivity index (χ2n) is 9.61. The highest BCUT2D eigenvalue weighted by molar-refractivity contribution is 5.91. The van der Waals surface area contributed by atoms with Crippen molar-refractivity contribution in [2.75, 3.05) is 6.54 Å². The molecule has 3 heterocycles. The lowest BCUT2D eigenvalue weighted by Crippen LogP contribution is -2.48. The Morgan fingerprint density at radius 2 is 1.89 bits per heavy atom. The topological polar surface area (TPSA) is 122 Å². The second-order valence-corrected chi connectivity index (χ2v) is 9.61. The smallest absolute Gasteiger partial charge is 0.243 e. The van der Waals surface area contributed by atoms with E-state index in [0.717, 1.165) is 16.8 Å².